The molecule has 0 unspecified atom stereocenters. The third kappa shape index (κ3) is 3.68. The van der Waals surface area contributed by atoms with Gasteiger partial charge in [0.2, 0.25) is 5.91 Å². The number of carboxylic acids is 1. The summed E-state index contributed by atoms with van der Waals surface area (Å²) in [6.07, 6.45) is 1.59. The van der Waals surface area contributed by atoms with Crippen LogP contribution < -0.4 is 5.32 Å². The monoisotopic (exact) mass is 270 g/mol. The van der Waals surface area contributed by atoms with Crippen LogP contribution in [0.3, 0.4) is 0 Å². The van der Waals surface area contributed by atoms with Gasteiger partial charge in [-0.3, -0.25) is 14.9 Å². The fraction of sp³-hybridized carbons (Fsp3) is 0.769. The zero-order valence-corrected chi connectivity index (χ0v) is 11.9. The fourth-order valence-electron chi connectivity index (χ4n) is 2.19. The number of imide groups is 1. The van der Waals surface area contributed by atoms with Gasteiger partial charge in [-0.15, -0.1) is 0 Å². The standard InChI is InChI=1S/C13H22N2O4/c1-12(2,10(17)18)8-9(16)14-11(19)15-7-5-6-13(15,3)4/h5-8H2,1-4H3,(H,17,18)(H,14,16,19). The molecule has 0 aromatic carbocycles. The van der Waals surface area contributed by atoms with E-state index in [2.05, 4.69) is 5.32 Å². The maximum atomic E-state index is 12.0. The highest BCUT2D eigenvalue weighted by Crippen LogP contribution is 2.28. The second-order valence-electron chi connectivity index (χ2n) is 6.29. The normalized spacial score (nSPS) is 18.2. The van der Waals surface area contributed by atoms with E-state index < -0.39 is 23.3 Å². The number of hydrogen-bond donors (Lipinski definition) is 2. The van der Waals surface area contributed by atoms with Gasteiger partial charge in [-0.1, -0.05) is 0 Å². The Hall–Kier alpha value is -1.59. The van der Waals surface area contributed by atoms with Gasteiger partial charge in [0.25, 0.3) is 0 Å². The van der Waals surface area contributed by atoms with Crippen LogP contribution in [0.25, 0.3) is 0 Å². The Morgan fingerprint density at radius 1 is 1.32 bits per heavy atom. The van der Waals surface area contributed by atoms with Crippen molar-refractivity contribution in [2.45, 2.75) is 52.5 Å². The summed E-state index contributed by atoms with van der Waals surface area (Å²) in [4.78, 5) is 36.2. The molecule has 0 saturated carbocycles. The summed E-state index contributed by atoms with van der Waals surface area (Å²) in [5.41, 5.74) is -1.43. The van der Waals surface area contributed by atoms with Gasteiger partial charge in [-0.2, -0.15) is 0 Å². The molecule has 1 rings (SSSR count). The molecule has 0 aromatic rings. The molecular weight excluding hydrogens is 248 g/mol. The number of nitrogens with one attached hydrogen (secondary N) is 1. The van der Waals surface area contributed by atoms with E-state index in [9.17, 15) is 14.4 Å². The Kier molecular flexibility index (Phi) is 4.22. The lowest BCUT2D eigenvalue weighted by Crippen LogP contribution is -2.50. The van der Waals surface area contributed by atoms with E-state index in [0.717, 1.165) is 12.8 Å². The SMILES string of the molecule is CC(C)(CC(=O)NC(=O)N1CCCC1(C)C)C(=O)O. The number of hydrogen-bond acceptors (Lipinski definition) is 3. The van der Waals surface area contributed by atoms with E-state index in [4.69, 9.17) is 5.11 Å². The van der Waals surface area contributed by atoms with Crippen molar-refractivity contribution in [1.29, 1.82) is 0 Å². The molecule has 1 aliphatic rings. The summed E-state index contributed by atoms with van der Waals surface area (Å²) in [6, 6.07) is -0.436. The third-order valence-electron chi connectivity index (χ3n) is 3.57. The molecule has 0 aliphatic carbocycles. The topological polar surface area (TPSA) is 86.7 Å². The molecule has 6 nitrogen and oxygen atoms in total. The van der Waals surface area contributed by atoms with E-state index in [0.29, 0.717) is 6.54 Å². The molecule has 0 bridgehead atoms. The van der Waals surface area contributed by atoms with Crippen molar-refractivity contribution < 1.29 is 19.5 Å². The summed E-state index contributed by atoms with van der Waals surface area (Å²) in [7, 11) is 0. The molecule has 0 atom stereocenters. The van der Waals surface area contributed by atoms with Gasteiger partial charge >= 0.3 is 12.0 Å². The molecule has 1 fully saturated rings. The van der Waals surface area contributed by atoms with Gasteiger partial charge in [-0.05, 0) is 40.5 Å². The molecule has 19 heavy (non-hydrogen) atoms. The van der Waals surface area contributed by atoms with Crippen molar-refractivity contribution in [3.05, 3.63) is 0 Å². The lowest BCUT2D eigenvalue weighted by atomic mass is 9.89. The van der Waals surface area contributed by atoms with Gasteiger partial charge < -0.3 is 10.0 Å². The molecule has 1 saturated heterocycles. The maximum absolute atomic E-state index is 12.0. The molecule has 2 N–H and O–H groups in total. The average molecular weight is 270 g/mol. The number of carbonyl (C=O) groups excluding carboxylic acids is 2. The van der Waals surface area contributed by atoms with Gasteiger partial charge in [-0.25, -0.2) is 4.79 Å². The van der Waals surface area contributed by atoms with Crippen LogP contribution in [-0.4, -0.2) is 40.0 Å². The highest BCUT2D eigenvalue weighted by molar-refractivity contribution is 5.96. The van der Waals surface area contributed by atoms with E-state index in [1.165, 1.54) is 13.8 Å². The number of rotatable bonds is 3. The number of carbonyl (C=O) groups is 3. The Morgan fingerprint density at radius 2 is 1.89 bits per heavy atom. The van der Waals surface area contributed by atoms with Gasteiger partial charge in [0.1, 0.15) is 0 Å². The Morgan fingerprint density at radius 3 is 2.32 bits per heavy atom. The molecule has 0 aromatic heterocycles. The van der Waals surface area contributed by atoms with Crippen LogP contribution >= 0.6 is 0 Å². The first-order valence-electron chi connectivity index (χ1n) is 6.41. The van der Waals surface area contributed by atoms with Crippen LogP contribution in [-0.2, 0) is 9.59 Å². The van der Waals surface area contributed by atoms with Gasteiger partial charge in [0, 0.05) is 18.5 Å². The molecule has 3 amide bonds. The van der Waals surface area contributed by atoms with Crippen LogP contribution in [0.1, 0.15) is 47.0 Å². The first kappa shape index (κ1) is 15.5. The quantitative estimate of drug-likeness (QED) is 0.815. The summed E-state index contributed by atoms with van der Waals surface area (Å²) in [5, 5.41) is 11.2. The number of aliphatic carboxylic acids is 1. The second-order valence-corrected chi connectivity index (χ2v) is 6.29. The van der Waals surface area contributed by atoms with Crippen molar-refractivity contribution in [1.82, 2.24) is 10.2 Å². The Bertz CT molecular complexity index is 401. The van der Waals surface area contributed by atoms with Crippen molar-refractivity contribution in [3.63, 3.8) is 0 Å². The number of likely N-dealkylation sites (tertiary alicyclic amines) is 1. The summed E-state index contributed by atoms with van der Waals surface area (Å²) in [5.74, 6) is -1.61. The predicted molar refractivity (Wildman–Crippen MR) is 69.6 cm³/mol. The number of amides is 3. The second kappa shape index (κ2) is 5.19. The largest absolute Gasteiger partial charge is 0.481 e. The molecule has 1 heterocycles. The summed E-state index contributed by atoms with van der Waals surface area (Å²) < 4.78 is 0. The molecule has 0 radical (unpaired) electrons. The highest BCUT2D eigenvalue weighted by Gasteiger charge is 2.37. The van der Waals surface area contributed by atoms with Crippen LogP contribution in [0.5, 0.6) is 0 Å². The van der Waals surface area contributed by atoms with Crippen molar-refractivity contribution in [2.75, 3.05) is 6.54 Å². The molecule has 1 aliphatic heterocycles. The minimum absolute atomic E-state index is 0.220. The van der Waals surface area contributed by atoms with Crippen molar-refractivity contribution >= 4 is 17.9 Å². The number of carboxylic acid groups (broad SMARTS) is 1. The number of nitrogens with zero attached hydrogens (tertiary/aromatic N) is 1. The minimum Gasteiger partial charge on any atom is -0.481 e. The van der Waals surface area contributed by atoms with E-state index in [1.807, 2.05) is 13.8 Å². The first-order valence-corrected chi connectivity index (χ1v) is 6.41. The smallest absolute Gasteiger partial charge is 0.324 e. The van der Waals surface area contributed by atoms with Gasteiger partial charge in [0.05, 0.1) is 5.41 Å². The lowest BCUT2D eigenvalue weighted by Gasteiger charge is -2.31. The van der Waals surface area contributed by atoms with E-state index >= 15 is 0 Å². The zero-order valence-electron chi connectivity index (χ0n) is 11.9. The number of urea groups is 1. The van der Waals surface area contributed by atoms with Crippen LogP contribution in [0.4, 0.5) is 4.79 Å². The molecule has 108 valence electrons. The van der Waals surface area contributed by atoms with Crippen molar-refractivity contribution in [2.24, 2.45) is 5.41 Å². The Balaban J connectivity index is 2.58. The third-order valence-corrected chi connectivity index (χ3v) is 3.57. The summed E-state index contributed by atoms with van der Waals surface area (Å²) in [6.45, 7) is 7.43. The van der Waals surface area contributed by atoms with Crippen molar-refractivity contribution in [3.8, 4) is 0 Å². The average Bonchev–Trinajstić information content (AvgIpc) is 2.56. The molecule has 6 heteroatoms. The predicted octanol–water partition coefficient (Wildman–Crippen LogP) is 1.60. The Labute approximate surface area is 113 Å². The van der Waals surface area contributed by atoms with Gasteiger partial charge in [0.15, 0.2) is 0 Å². The van der Waals surface area contributed by atoms with Crippen LogP contribution in [0.2, 0.25) is 0 Å². The maximum Gasteiger partial charge on any atom is 0.324 e. The fourth-order valence-corrected chi connectivity index (χ4v) is 2.19. The minimum atomic E-state index is -1.18. The zero-order chi connectivity index (χ0) is 14.8. The van der Waals surface area contributed by atoms with E-state index in [1.54, 1.807) is 4.90 Å². The summed E-state index contributed by atoms with van der Waals surface area (Å²) >= 11 is 0. The molecular formula is C13H22N2O4. The molecule has 0 spiro atoms. The van der Waals surface area contributed by atoms with E-state index in [-0.39, 0.29) is 12.0 Å². The first-order chi connectivity index (χ1) is 8.56. The highest BCUT2D eigenvalue weighted by atomic mass is 16.4. The van der Waals surface area contributed by atoms with Crippen LogP contribution in [0, 0.1) is 5.41 Å². The lowest BCUT2D eigenvalue weighted by molar-refractivity contribution is -0.149. The van der Waals surface area contributed by atoms with Crippen LogP contribution in [0.15, 0.2) is 0 Å².